The van der Waals surface area contributed by atoms with E-state index in [1.807, 2.05) is 39.0 Å². The molecule has 0 bridgehead atoms. The standard InChI is InChI=1S/C28H29ClN2O6/c1-4-34-24-13-19(14-25(35-5-2)27(24)36-6-3)28(33)30-20-11-12-23-22(15-20)31(26(32)17-37-23)16-18-9-7-8-10-21(18)29/h7-15H,4-6,16-17H2,1-3H3,(H,30,33). The van der Waals surface area contributed by atoms with Crippen LogP contribution in [-0.2, 0) is 11.3 Å². The van der Waals surface area contributed by atoms with Crippen molar-refractivity contribution >= 4 is 34.8 Å². The molecule has 3 aromatic rings. The van der Waals surface area contributed by atoms with Crippen molar-refractivity contribution in [1.29, 1.82) is 0 Å². The zero-order chi connectivity index (χ0) is 26.4. The molecule has 4 rings (SSSR count). The summed E-state index contributed by atoms with van der Waals surface area (Å²) in [5.41, 5.74) is 2.19. The van der Waals surface area contributed by atoms with E-state index in [0.29, 0.717) is 64.8 Å². The second kappa shape index (κ2) is 11.9. The molecule has 2 amide bonds. The molecule has 0 radical (unpaired) electrons. The van der Waals surface area contributed by atoms with E-state index in [1.54, 1.807) is 41.3 Å². The van der Waals surface area contributed by atoms with Crippen molar-refractivity contribution in [2.24, 2.45) is 0 Å². The molecule has 0 unspecified atom stereocenters. The maximum Gasteiger partial charge on any atom is 0.265 e. The van der Waals surface area contributed by atoms with E-state index in [0.717, 1.165) is 5.56 Å². The molecule has 0 fully saturated rings. The highest BCUT2D eigenvalue weighted by Crippen LogP contribution is 2.40. The number of ether oxygens (including phenoxy) is 4. The van der Waals surface area contributed by atoms with Crippen LogP contribution in [0.2, 0.25) is 5.02 Å². The number of rotatable bonds is 10. The molecular weight excluding hydrogens is 496 g/mol. The van der Waals surface area contributed by atoms with Crippen LogP contribution in [0.1, 0.15) is 36.7 Å². The van der Waals surface area contributed by atoms with Gasteiger partial charge in [-0.05, 0) is 62.7 Å². The molecule has 3 aromatic carbocycles. The smallest absolute Gasteiger partial charge is 0.265 e. The van der Waals surface area contributed by atoms with Crippen LogP contribution in [0.3, 0.4) is 0 Å². The number of carbonyl (C=O) groups excluding carboxylic acids is 2. The van der Waals surface area contributed by atoms with Crippen LogP contribution in [-0.4, -0.2) is 38.2 Å². The number of amides is 2. The van der Waals surface area contributed by atoms with E-state index in [9.17, 15) is 9.59 Å². The summed E-state index contributed by atoms with van der Waals surface area (Å²) < 4.78 is 22.8. The highest BCUT2D eigenvalue weighted by molar-refractivity contribution is 6.31. The third kappa shape index (κ3) is 5.91. The minimum Gasteiger partial charge on any atom is -0.490 e. The van der Waals surface area contributed by atoms with Gasteiger partial charge in [-0.1, -0.05) is 29.8 Å². The van der Waals surface area contributed by atoms with E-state index < -0.39 is 0 Å². The van der Waals surface area contributed by atoms with Crippen molar-refractivity contribution in [2.75, 3.05) is 36.6 Å². The van der Waals surface area contributed by atoms with Gasteiger partial charge in [0.15, 0.2) is 18.1 Å². The lowest BCUT2D eigenvalue weighted by Gasteiger charge is -2.30. The van der Waals surface area contributed by atoms with E-state index in [-0.39, 0.29) is 25.0 Å². The van der Waals surface area contributed by atoms with Gasteiger partial charge >= 0.3 is 0 Å². The molecule has 1 N–H and O–H groups in total. The summed E-state index contributed by atoms with van der Waals surface area (Å²) in [6.07, 6.45) is 0. The summed E-state index contributed by atoms with van der Waals surface area (Å²) in [6.45, 7) is 7.00. The lowest BCUT2D eigenvalue weighted by Crippen LogP contribution is -2.38. The maximum atomic E-state index is 13.3. The van der Waals surface area contributed by atoms with Crippen molar-refractivity contribution in [3.8, 4) is 23.0 Å². The molecule has 0 saturated carbocycles. The van der Waals surface area contributed by atoms with Gasteiger partial charge < -0.3 is 29.2 Å². The predicted molar refractivity (Wildman–Crippen MR) is 142 cm³/mol. The quantitative estimate of drug-likeness (QED) is 0.365. The Kier molecular flexibility index (Phi) is 8.40. The minimum absolute atomic E-state index is 0.0737. The number of benzene rings is 3. The Labute approximate surface area is 221 Å². The topological polar surface area (TPSA) is 86.3 Å². The lowest BCUT2D eigenvalue weighted by molar-refractivity contribution is -0.121. The van der Waals surface area contributed by atoms with Gasteiger partial charge in [-0.3, -0.25) is 9.59 Å². The molecule has 9 heteroatoms. The third-order valence-electron chi connectivity index (χ3n) is 5.62. The van der Waals surface area contributed by atoms with Gasteiger partial charge in [0, 0.05) is 16.3 Å². The van der Waals surface area contributed by atoms with Crippen molar-refractivity contribution in [1.82, 2.24) is 0 Å². The summed E-state index contributed by atoms with van der Waals surface area (Å²) in [6, 6.07) is 15.8. The van der Waals surface area contributed by atoms with Crippen molar-refractivity contribution < 1.29 is 28.5 Å². The molecule has 0 atom stereocenters. The Bertz CT molecular complexity index is 1270. The fraction of sp³-hybridized carbons (Fsp3) is 0.286. The third-order valence-corrected chi connectivity index (χ3v) is 5.99. The second-order valence-electron chi connectivity index (χ2n) is 8.10. The molecule has 1 aliphatic rings. The van der Waals surface area contributed by atoms with Gasteiger partial charge in [0.25, 0.3) is 11.8 Å². The number of nitrogens with zero attached hydrogens (tertiary/aromatic N) is 1. The van der Waals surface area contributed by atoms with E-state index in [2.05, 4.69) is 5.32 Å². The van der Waals surface area contributed by atoms with Gasteiger partial charge in [0.2, 0.25) is 5.75 Å². The molecule has 0 aromatic heterocycles. The van der Waals surface area contributed by atoms with Crippen LogP contribution in [0.5, 0.6) is 23.0 Å². The van der Waals surface area contributed by atoms with Crippen LogP contribution < -0.4 is 29.2 Å². The fourth-order valence-electron chi connectivity index (χ4n) is 3.97. The molecular formula is C28H29ClN2O6. The SMILES string of the molecule is CCOc1cc(C(=O)Nc2ccc3c(c2)N(Cc2ccccc2Cl)C(=O)CO3)cc(OCC)c1OCC. The Hall–Kier alpha value is -3.91. The van der Waals surface area contributed by atoms with Crippen molar-refractivity contribution in [3.63, 3.8) is 0 Å². The summed E-state index contributed by atoms with van der Waals surface area (Å²) in [4.78, 5) is 27.6. The first-order valence-electron chi connectivity index (χ1n) is 12.1. The van der Waals surface area contributed by atoms with Gasteiger partial charge in [-0.15, -0.1) is 0 Å². The zero-order valence-electron chi connectivity index (χ0n) is 21.0. The molecule has 1 aliphatic heterocycles. The van der Waals surface area contributed by atoms with Crippen LogP contribution in [0.25, 0.3) is 0 Å². The van der Waals surface area contributed by atoms with Crippen LogP contribution in [0.4, 0.5) is 11.4 Å². The van der Waals surface area contributed by atoms with Crippen molar-refractivity contribution in [3.05, 3.63) is 70.7 Å². The number of nitrogens with one attached hydrogen (secondary N) is 1. The van der Waals surface area contributed by atoms with Gasteiger partial charge in [-0.25, -0.2) is 0 Å². The van der Waals surface area contributed by atoms with E-state index in [4.69, 9.17) is 30.5 Å². The number of hydrogen-bond acceptors (Lipinski definition) is 6. The first kappa shape index (κ1) is 26.2. The maximum absolute atomic E-state index is 13.3. The predicted octanol–water partition coefficient (Wildman–Crippen LogP) is 5.71. The van der Waals surface area contributed by atoms with Crippen LogP contribution >= 0.6 is 11.6 Å². The van der Waals surface area contributed by atoms with Crippen LogP contribution in [0, 0.1) is 0 Å². The van der Waals surface area contributed by atoms with Gasteiger partial charge in [0.1, 0.15) is 5.75 Å². The number of halogens is 1. The Morgan fingerprint density at radius 1 is 0.973 bits per heavy atom. The Morgan fingerprint density at radius 2 is 1.65 bits per heavy atom. The van der Waals surface area contributed by atoms with Gasteiger partial charge in [-0.2, -0.15) is 0 Å². The number of fused-ring (bicyclic) bond motifs is 1. The molecule has 37 heavy (non-hydrogen) atoms. The largest absolute Gasteiger partial charge is 0.490 e. The molecule has 0 spiro atoms. The average Bonchev–Trinajstić information content (AvgIpc) is 2.89. The number of hydrogen-bond donors (Lipinski definition) is 1. The Morgan fingerprint density at radius 3 is 2.30 bits per heavy atom. The van der Waals surface area contributed by atoms with E-state index in [1.165, 1.54) is 0 Å². The highest BCUT2D eigenvalue weighted by Gasteiger charge is 2.27. The monoisotopic (exact) mass is 524 g/mol. The molecule has 8 nitrogen and oxygen atoms in total. The molecule has 0 aliphatic carbocycles. The highest BCUT2D eigenvalue weighted by atomic mass is 35.5. The first-order valence-corrected chi connectivity index (χ1v) is 12.5. The molecule has 0 saturated heterocycles. The van der Waals surface area contributed by atoms with Crippen molar-refractivity contribution in [2.45, 2.75) is 27.3 Å². The lowest BCUT2D eigenvalue weighted by atomic mass is 10.1. The fourth-order valence-corrected chi connectivity index (χ4v) is 4.17. The molecule has 194 valence electrons. The number of carbonyl (C=O) groups is 2. The van der Waals surface area contributed by atoms with E-state index >= 15 is 0 Å². The Balaban J connectivity index is 1.63. The summed E-state index contributed by atoms with van der Waals surface area (Å²) >= 11 is 6.33. The summed E-state index contributed by atoms with van der Waals surface area (Å²) in [5.74, 6) is 1.28. The molecule has 1 heterocycles. The van der Waals surface area contributed by atoms with Gasteiger partial charge in [0.05, 0.1) is 32.1 Å². The number of anilines is 2. The first-order chi connectivity index (χ1) is 17.9. The zero-order valence-corrected chi connectivity index (χ0v) is 21.8. The average molecular weight is 525 g/mol. The second-order valence-corrected chi connectivity index (χ2v) is 8.50. The summed E-state index contributed by atoms with van der Waals surface area (Å²) in [5, 5.41) is 3.47. The normalized spacial score (nSPS) is 12.4. The van der Waals surface area contributed by atoms with Crippen LogP contribution in [0.15, 0.2) is 54.6 Å². The summed E-state index contributed by atoms with van der Waals surface area (Å²) in [7, 11) is 0. The minimum atomic E-state index is -0.370.